The second-order valence-corrected chi connectivity index (χ2v) is 8.82. The van der Waals surface area contributed by atoms with Crippen LogP contribution in [0.2, 0.25) is 0 Å². The monoisotopic (exact) mass is 606 g/mol. The lowest BCUT2D eigenvalue weighted by Gasteiger charge is -2.13. The normalized spacial score (nSPS) is 10.5. The first-order valence-electron chi connectivity index (χ1n) is 13.6. The van der Waals surface area contributed by atoms with Gasteiger partial charge in [-0.1, -0.05) is 0 Å². The van der Waals surface area contributed by atoms with Crippen LogP contribution in [0.25, 0.3) is 0 Å². The van der Waals surface area contributed by atoms with Gasteiger partial charge in [-0.25, -0.2) is 10.2 Å². The fourth-order valence-corrected chi connectivity index (χ4v) is 3.70. The molecule has 13 heteroatoms. The first-order valence-corrected chi connectivity index (χ1v) is 13.6. The number of hydrogen-bond acceptors (Lipinski definition) is 10. The molecule has 0 spiro atoms. The fourth-order valence-electron chi connectivity index (χ4n) is 3.70. The molecule has 0 heterocycles. The van der Waals surface area contributed by atoms with Crippen molar-refractivity contribution in [3.05, 3.63) is 77.4 Å². The highest BCUT2D eigenvalue weighted by Gasteiger charge is 2.13. The molecule has 0 saturated carbocycles. The summed E-state index contributed by atoms with van der Waals surface area (Å²) in [6.45, 7) is 3.53. The lowest BCUT2D eigenvalue weighted by molar-refractivity contribution is -0.120. The molecule has 44 heavy (non-hydrogen) atoms. The second kappa shape index (κ2) is 16.8. The third kappa shape index (κ3) is 9.76. The Morgan fingerprint density at radius 1 is 0.750 bits per heavy atom. The number of hydrogen-bond donors (Lipinski definition) is 3. The van der Waals surface area contributed by atoms with Crippen LogP contribution in [0, 0.1) is 0 Å². The number of methoxy groups -OCH3 is 2. The Bertz CT molecular complexity index is 1490. The van der Waals surface area contributed by atoms with Gasteiger partial charge in [0.25, 0.3) is 17.7 Å². The van der Waals surface area contributed by atoms with Crippen LogP contribution >= 0.6 is 0 Å². The van der Waals surface area contributed by atoms with E-state index < -0.39 is 23.7 Å². The number of hydrazone groups is 1. The SMILES string of the molecule is CCOC(=O)c1ccc(NC(=O)COc2ccc(C=NNC(=O)CNC(=O)c3ccc(OC)c(OC)c3)cc2OCC)cc1. The van der Waals surface area contributed by atoms with E-state index >= 15 is 0 Å². The lowest BCUT2D eigenvalue weighted by Crippen LogP contribution is -2.34. The van der Waals surface area contributed by atoms with Crippen molar-refractivity contribution in [3.8, 4) is 23.0 Å². The minimum atomic E-state index is -0.540. The first-order chi connectivity index (χ1) is 21.3. The molecule has 0 radical (unpaired) electrons. The van der Waals surface area contributed by atoms with E-state index in [0.717, 1.165) is 0 Å². The predicted molar refractivity (Wildman–Crippen MR) is 162 cm³/mol. The van der Waals surface area contributed by atoms with Gasteiger partial charge in [0, 0.05) is 11.3 Å². The van der Waals surface area contributed by atoms with Crippen LogP contribution in [0.3, 0.4) is 0 Å². The summed E-state index contributed by atoms with van der Waals surface area (Å²) in [4.78, 5) is 48.8. The van der Waals surface area contributed by atoms with Gasteiger partial charge in [-0.05, 0) is 80.1 Å². The summed E-state index contributed by atoms with van der Waals surface area (Å²) in [6, 6.07) is 15.9. The molecule has 0 aliphatic heterocycles. The molecule has 13 nitrogen and oxygen atoms in total. The smallest absolute Gasteiger partial charge is 0.338 e. The highest BCUT2D eigenvalue weighted by molar-refractivity contribution is 5.97. The zero-order valence-corrected chi connectivity index (χ0v) is 24.8. The first kappa shape index (κ1) is 32.9. The molecule has 0 bridgehead atoms. The zero-order chi connectivity index (χ0) is 31.9. The third-order valence-electron chi connectivity index (χ3n) is 5.76. The van der Waals surface area contributed by atoms with Crippen LogP contribution in [0.15, 0.2) is 65.8 Å². The van der Waals surface area contributed by atoms with Gasteiger partial charge in [-0.3, -0.25) is 14.4 Å². The average Bonchev–Trinajstić information content (AvgIpc) is 3.03. The van der Waals surface area contributed by atoms with Crippen molar-refractivity contribution in [2.45, 2.75) is 13.8 Å². The molecule has 3 rings (SSSR count). The predicted octanol–water partition coefficient (Wildman–Crippen LogP) is 3.18. The van der Waals surface area contributed by atoms with Crippen LogP contribution in [0.5, 0.6) is 23.0 Å². The van der Waals surface area contributed by atoms with E-state index in [4.69, 9.17) is 23.7 Å². The topological polar surface area (TPSA) is 163 Å². The molecular formula is C31H34N4O9. The number of carbonyl (C=O) groups is 4. The van der Waals surface area contributed by atoms with Gasteiger partial charge in [0.2, 0.25) is 0 Å². The summed E-state index contributed by atoms with van der Waals surface area (Å²) in [5.74, 6) is -0.296. The number of nitrogens with one attached hydrogen (secondary N) is 3. The zero-order valence-electron chi connectivity index (χ0n) is 24.8. The number of esters is 1. The Balaban J connectivity index is 1.50. The molecule has 0 fully saturated rings. The minimum Gasteiger partial charge on any atom is -0.493 e. The maximum absolute atomic E-state index is 12.4. The van der Waals surface area contributed by atoms with E-state index in [9.17, 15) is 19.2 Å². The molecule has 3 amide bonds. The van der Waals surface area contributed by atoms with Gasteiger partial charge in [0.05, 0.1) is 45.8 Å². The van der Waals surface area contributed by atoms with E-state index in [2.05, 4.69) is 21.2 Å². The molecule has 3 N–H and O–H groups in total. The Morgan fingerprint density at radius 3 is 2.14 bits per heavy atom. The number of rotatable bonds is 15. The van der Waals surface area contributed by atoms with E-state index in [0.29, 0.717) is 52.0 Å². The number of amides is 3. The van der Waals surface area contributed by atoms with Crippen LogP contribution in [-0.4, -0.2) is 70.5 Å². The number of nitrogens with zero attached hydrogens (tertiary/aromatic N) is 1. The highest BCUT2D eigenvalue weighted by atomic mass is 16.5. The Kier molecular flexibility index (Phi) is 12.5. The summed E-state index contributed by atoms with van der Waals surface area (Å²) in [6.07, 6.45) is 1.40. The molecule has 0 unspecified atom stereocenters. The van der Waals surface area contributed by atoms with Crippen molar-refractivity contribution >= 4 is 35.6 Å². The Morgan fingerprint density at radius 2 is 1.45 bits per heavy atom. The molecule has 3 aromatic carbocycles. The number of carbonyl (C=O) groups excluding carboxylic acids is 4. The van der Waals surface area contributed by atoms with Crippen molar-refractivity contribution in [1.29, 1.82) is 0 Å². The van der Waals surface area contributed by atoms with Crippen molar-refractivity contribution in [2.75, 3.05) is 45.9 Å². The second-order valence-electron chi connectivity index (χ2n) is 8.82. The van der Waals surface area contributed by atoms with Crippen molar-refractivity contribution in [3.63, 3.8) is 0 Å². The molecule has 0 atom stereocenters. The molecule has 0 aliphatic rings. The summed E-state index contributed by atoms with van der Waals surface area (Å²) in [5.41, 5.74) is 4.10. The number of ether oxygens (including phenoxy) is 5. The van der Waals surface area contributed by atoms with E-state index in [-0.39, 0.29) is 19.8 Å². The Hall–Kier alpha value is -5.59. The van der Waals surface area contributed by atoms with Gasteiger partial charge in [0.1, 0.15) is 0 Å². The molecular weight excluding hydrogens is 572 g/mol. The van der Waals surface area contributed by atoms with Gasteiger partial charge in [-0.2, -0.15) is 5.10 Å². The summed E-state index contributed by atoms with van der Waals surface area (Å²) in [7, 11) is 2.95. The molecule has 0 aliphatic carbocycles. The lowest BCUT2D eigenvalue weighted by atomic mass is 10.2. The Labute approximate surface area is 254 Å². The summed E-state index contributed by atoms with van der Waals surface area (Å²) < 4.78 is 26.6. The largest absolute Gasteiger partial charge is 0.493 e. The summed E-state index contributed by atoms with van der Waals surface area (Å²) in [5, 5.41) is 9.12. The average molecular weight is 607 g/mol. The number of anilines is 1. The van der Waals surface area contributed by atoms with Crippen molar-refractivity contribution in [2.24, 2.45) is 5.10 Å². The molecule has 0 aromatic heterocycles. The molecule has 232 valence electrons. The standard InChI is InChI=1S/C31H34N4O9/c1-5-42-27-15-20(17-33-35-28(36)18-32-30(38)22-10-14-24(40-3)26(16-22)41-4)7-13-25(27)44-19-29(37)34-23-11-8-21(9-12-23)31(39)43-6-2/h7-17H,5-6,18-19H2,1-4H3,(H,32,38)(H,34,37)(H,35,36). The van der Waals surface area contributed by atoms with Crippen LogP contribution < -0.4 is 35.0 Å². The maximum atomic E-state index is 12.4. The van der Waals surface area contributed by atoms with Crippen LogP contribution in [-0.2, 0) is 14.3 Å². The third-order valence-corrected chi connectivity index (χ3v) is 5.76. The fraction of sp³-hybridized carbons (Fsp3) is 0.258. The van der Waals surface area contributed by atoms with Crippen LogP contribution in [0.4, 0.5) is 5.69 Å². The molecule has 0 saturated heterocycles. The van der Waals surface area contributed by atoms with Crippen LogP contribution in [0.1, 0.15) is 40.1 Å². The van der Waals surface area contributed by atoms with Crippen molar-refractivity contribution in [1.82, 2.24) is 10.7 Å². The van der Waals surface area contributed by atoms with Gasteiger partial charge < -0.3 is 34.3 Å². The minimum absolute atomic E-state index is 0.271. The highest BCUT2D eigenvalue weighted by Crippen LogP contribution is 2.29. The van der Waals surface area contributed by atoms with E-state index in [1.165, 1.54) is 26.5 Å². The van der Waals surface area contributed by atoms with Crippen molar-refractivity contribution < 1.29 is 42.9 Å². The van der Waals surface area contributed by atoms with E-state index in [1.54, 1.807) is 68.4 Å². The van der Waals surface area contributed by atoms with Gasteiger partial charge in [-0.15, -0.1) is 0 Å². The summed E-state index contributed by atoms with van der Waals surface area (Å²) >= 11 is 0. The van der Waals surface area contributed by atoms with Gasteiger partial charge >= 0.3 is 5.97 Å². The van der Waals surface area contributed by atoms with Gasteiger partial charge in [0.15, 0.2) is 29.6 Å². The van der Waals surface area contributed by atoms with E-state index in [1.807, 2.05) is 0 Å². The maximum Gasteiger partial charge on any atom is 0.338 e. The molecule has 3 aromatic rings. The quantitative estimate of drug-likeness (QED) is 0.134. The number of benzene rings is 3.